The summed E-state index contributed by atoms with van der Waals surface area (Å²) in [6.45, 7) is 5.20. The molecule has 0 N–H and O–H groups in total. The average Bonchev–Trinajstić information content (AvgIpc) is 3.22. The molecule has 23 heavy (non-hydrogen) atoms. The minimum absolute atomic E-state index is 0.0187. The predicted octanol–water partition coefficient (Wildman–Crippen LogP) is 3.99. The van der Waals surface area contributed by atoms with Crippen molar-refractivity contribution in [2.24, 2.45) is 5.92 Å². The molecule has 1 aliphatic heterocycles. The summed E-state index contributed by atoms with van der Waals surface area (Å²) >= 11 is 0. The molecular weight excluding hydrogens is 286 g/mol. The molecule has 0 radical (unpaired) electrons. The van der Waals surface area contributed by atoms with Crippen LogP contribution < -0.4 is 0 Å². The van der Waals surface area contributed by atoms with E-state index in [9.17, 15) is 4.79 Å². The highest BCUT2D eigenvalue weighted by molar-refractivity contribution is 5.78. The number of rotatable bonds is 6. The fourth-order valence-corrected chi connectivity index (χ4v) is 4.19. The lowest BCUT2D eigenvalue weighted by molar-refractivity contribution is -0.152. The van der Waals surface area contributed by atoms with Gasteiger partial charge in [-0.05, 0) is 57.2 Å². The van der Waals surface area contributed by atoms with Crippen LogP contribution in [0.5, 0.6) is 0 Å². The predicted molar refractivity (Wildman–Crippen MR) is 92.4 cm³/mol. The van der Waals surface area contributed by atoms with Gasteiger partial charge in [0.05, 0.1) is 5.92 Å². The lowest BCUT2D eigenvalue weighted by atomic mass is 9.85. The molecule has 0 amide bonds. The quantitative estimate of drug-likeness (QED) is 0.744. The smallest absolute Gasteiger partial charge is 0.314 e. The van der Waals surface area contributed by atoms with Crippen molar-refractivity contribution in [2.45, 2.75) is 57.5 Å². The average molecular weight is 315 g/mol. The first-order valence-electron chi connectivity index (χ1n) is 9.22. The van der Waals surface area contributed by atoms with Crippen molar-refractivity contribution in [3.05, 3.63) is 35.9 Å². The maximum Gasteiger partial charge on any atom is 0.314 e. The first-order valence-corrected chi connectivity index (χ1v) is 9.22. The van der Waals surface area contributed by atoms with Gasteiger partial charge in [-0.3, -0.25) is 9.69 Å². The van der Waals surface area contributed by atoms with Gasteiger partial charge in [0, 0.05) is 6.54 Å². The molecule has 3 heteroatoms. The van der Waals surface area contributed by atoms with Crippen LogP contribution >= 0.6 is 0 Å². The van der Waals surface area contributed by atoms with Gasteiger partial charge >= 0.3 is 5.97 Å². The molecule has 1 aliphatic carbocycles. The van der Waals surface area contributed by atoms with E-state index in [0.717, 1.165) is 38.0 Å². The molecule has 1 aromatic rings. The van der Waals surface area contributed by atoms with E-state index in [-0.39, 0.29) is 18.0 Å². The number of likely N-dealkylation sites (tertiary alicyclic amines) is 1. The Morgan fingerprint density at radius 2 is 1.78 bits per heavy atom. The van der Waals surface area contributed by atoms with Gasteiger partial charge in [-0.15, -0.1) is 0 Å². The van der Waals surface area contributed by atoms with Gasteiger partial charge in [0.15, 0.2) is 0 Å². The Morgan fingerprint density at radius 3 is 2.43 bits per heavy atom. The minimum Gasteiger partial charge on any atom is -0.461 e. The van der Waals surface area contributed by atoms with Crippen LogP contribution in [0.3, 0.4) is 0 Å². The van der Waals surface area contributed by atoms with Crippen molar-refractivity contribution in [2.75, 3.05) is 19.6 Å². The zero-order valence-electron chi connectivity index (χ0n) is 14.2. The van der Waals surface area contributed by atoms with Gasteiger partial charge in [0.2, 0.25) is 0 Å². The summed E-state index contributed by atoms with van der Waals surface area (Å²) in [6, 6.07) is 10.2. The molecule has 1 saturated carbocycles. The number of esters is 1. The lowest BCUT2D eigenvalue weighted by Crippen LogP contribution is -2.33. The summed E-state index contributed by atoms with van der Waals surface area (Å²) in [5.41, 5.74) is 1.12. The van der Waals surface area contributed by atoms with Crippen molar-refractivity contribution in [1.82, 2.24) is 4.90 Å². The normalized spacial score (nSPS) is 22.1. The third kappa shape index (κ3) is 4.35. The van der Waals surface area contributed by atoms with Gasteiger partial charge in [-0.25, -0.2) is 0 Å². The topological polar surface area (TPSA) is 29.5 Å². The molecule has 1 saturated heterocycles. The summed E-state index contributed by atoms with van der Waals surface area (Å²) in [7, 11) is 0. The first-order chi connectivity index (χ1) is 11.2. The van der Waals surface area contributed by atoms with Crippen LogP contribution in [0.2, 0.25) is 0 Å². The number of hydrogen-bond donors (Lipinski definition) is 0. The summed E-state index contributed by atoms with van der Waals surface area (Å²) in [4.78, 5) is 15.3. The van der Waals surface area contributed by atoms with Crippen molar-refractivity contribution < 1.29 is 9.53 Å². The van der Waals surface area contributed by atoms with Crippen LogP contribution in [-0.4, -0.2) is 36.6 Å². The van der Waals surface area contributed by atoms with E-state index >= 15 is 0 Å². The Bertz CT molecular complexity index is 490. The van der Waals surface area contributed by atoms with Crippen LogP contribution in [0, 0.1) is 5.92 Å². The number of hydrogen-bond acceptors (Lipinski definition) is 3. The van der Waals surface area contributed by atoms with Crippen LogP contribution in [0.4, 0.5) is 0 Å². The maximum absolute atomic E-state index is 12.9. The summed E-state index contributed by atoms with van der Waals surface area (Å²) in [5, 5.41) is 0. The molecule has 0 spiro atoms. The number of carbonyl (C=O) groups excluding carboxylic acids is 1. The lowest BCUT2D eigenvalue weighted by Gasteiger charge is -2.26. The van der Waals surface area contributed by atoms with Crippen LogP contribution in [0.25, 0.3) is 0 Å². The van der Waals surface area contributed by atoms with E-state index in [0.29, 0.717) is 5.92 Å². The second-order valence-electron chi connectivity index (χ2n) is 7.19. The Labute approximate surface area is 140 Å². The van der Waals surface area contributed by atoms with Gasteiger partial charge in [-0.2, -0.15) is 0 Å². The number of carbonyl (C=O) groups is 1. The Balaban J connectivity index is 1.64. The van der Waals surface area contributed by atoms with E-state index in [1.807, 2.05) is 25.1 Å². The van der Waals surface area contributed by atoms with Crippen LogP contribution in [0.15, 0.2) is 30.3 Å². The highest BCUT2D eigenvalue weighted by Crippen LogP contribution is 2.38. The Hall–Kier alpha value is -1.35. The molecule has 3 rings (SSSR count). The van der Waals surface area contributed by atoms with Gasteiger partial charge in [0.25, 0.3) is 0 Å². The number of ether oxygens (including phenoxy) is 1. The molecule has 1 heterocycles. The maximum atomic E-state index is 12.9. The molecule has 3 nitrogen and oxygen atoms in total. The van der Waals surface area contributed by atoms with E-state index in [2.05, 4.69) is 17.0 Å². The highest BCUT2D eigenvalue weighted by Gasteiger charge is 2.34. The van der Waals surface area contributed by atoms with E-state index in [1.165, 1.54) is 25.7 Å². The second kappa shape index (κ2) is 7.96. The molecule has 126 valence electrons. The zero-order chi connectivity index (χ0) is 16.1. The largest absolute Gasteiger partial charge is 0.461 e. The molecule has 0 aromatic heterocycles. The molecule has 2 unspecified atom stereocenters. The third-order valence-electron chi connectivity index (χ3n) is 5.32. The second-order valence-corrected chi connectivity index (χ2v) is 7.19. The molecule has 0 bridgehead atoms. The molecule has 1 aromatic carbocycles. The zero-order valence-corrected chi connectivity index (χ0v) is 14.2. The Kier molecular flexibility index (Phi) is 5.71. The third-order valence-corrected chi connectivity index (χ3v) is 5.32. The summed E-state index contributed by atoms with van der Waals surface area (Å²) in [6.07, 6.45) is 7.30. The molecular formula is C20H29NO2. The van der Waals surface area contributed by atoms with Crippen LogP contribution in [0.1, 0.15) is 56.9 Å². The fraction of sp³-hybridized carbons (Fsp3) is 0.650. The monoisotopic (exact) mass is 315 g/mol. The van der Waals surface area contributed by atoms with Gasteiger partial charge in [-0.1, -0.05) is 43.2 Å². The van der Waals surface area contributed by atoms with E-state index < -0.39 is 0 Å². The first kappa shape index (κ1) is 16.5. The minimum atomic E-state index is -0.0836. The van der Waals surface area contributed by atoms with Crippen LogP contribution in [-0.2, 0) is 9.53 Å². The molecule has 2 aliphatic rings. The van der Waals surface area contributed by atoms with Crippen molar-refractivity contribution in [1.29, 1.82) is 0 Å². The summed E-state index contributed by atoms with van der Waals surface area (Å²) < 4.78 is 5.86. The Morgan fingerprint density at radius 1 is 1.13 bits per heavy atom. The van der Waals surface area contributed by atoms with Crippen molar-refractivity contribution in [3.63, 3.8) is 0 Å². The SMILES string of the molecule is CC(CN1CCCC1)OC(=O)C(c1ccccc1)C1CCCC1. The van der Waals surface area contributed by atoms with Gasteiger partial charge < -0.3 is 4.74 Å². The number of nitrogens with zero attached hydrogens (tertiary/aromatic N) is 1. The summed E-state index contributed by atoms with van der Waals surface area (Å²) in [5.74, 6) is 0.346. The standard InChI is InChI=1S/C20H29NO2/c1-16(15-21-13-7-8-14-21)23-20(22)19(18-11-5-6-12-18)17-9-3-2-4-10-17/h2-4,9-10,16,18-19H,5-8,11-15H2,1H3. The number of benzene rings is 1. The van der Waals surface area contributed by atoms with E-state index in [1.54, 1.807) is 0 Å². The van der Waals surface area contributed by atoms with E-state index in [4.69, 9.17) is 4.74 Å². The highest BCUT2D eigenvalue weighted by atomic mass is 16.5. The fourth-order valence-electron chi connectivity index (χ4n) is 4.19. The van der Waals surface area contributed by atoms with Crippen molar-refractivity contribution >= 4 is 5.97 Å². The van der Waals surface area contributed by atoms with Gasteiger partial charge in [0.1, 0.15) is 6.10 Å². The molecule has 2 fully saturated rings. The molecule has 2 atom stereocenters. The van der Waals surface area contributed by atoms with Crippen molar-refractivity contribution in [3.8, 4) is 0 Å².